The van der Waals surface area contributed by atoms with Gasteiger partial charge in [0.05, 0.1) is 18.7 Å². The van der Waals surface area contributed by atoms with E-state index < -0.39 is 0 Å². The Kier molecular flexibility index (Phi) is 9.79. The molecule has 0 fully saturated rings. The average Bonchev–Trinajstić information content (AvgIpc) is 2.74. The fourth-order valence-corrected chi connectivity index (χ4v) is 3.58. The predicted molar refractivity (Wildman–Crippen MR) is 127 cm³/mol. The van der Waals surface area contributed by atoms with E-state index in [-0.39, 0.29) is 12.4 Å². The first-order valence-electron chi connectivity index (χ1n) is 9.16. The van der Waals surface area contributed by atoms with Gasteiger partial charge in [-0.25, -0.2) is 0 Å². The first-order valence-corrected chi connectivity index (χ1v) is 10.3. The number of nitrogens with one attached hydrogen (secondary N) is 1. The van der Waals surface area contributed by atoms with Crippen LogP contribution in [0.25, 0.3) is 0 Å². The van der Waals surface area contributed by atoms with Gasteiger partial charge in [-0.15, -0.1) is 12.4 Å². The third-order valence-electron chi connectivity index (χ3n) is 4.40. The molecular weight excluding hydrogens is 489 g/mol. The fraction of sp³-hybridized carbons (Fsp3) is 0.217. The standard InChI is InChI=1S/C23H23BrClNO3.ClH/c1-27-20-9-5-16(6-10-20)13-26-14-18-11-21(24)23(22(12-18)28-2)29-15-17-3-7-19(25)8-4-17;/h3-12,26H,13-15H2,1-2H3;1H. The van der Waals surface area contributed by atoms with Gasteiger partial charge in [0.2, 0.25) is 0 Å². The Hall–Kier alpha value is -1.92. The van der Waals surface area contributed by atoms with E-state index in [2.05, 4.69) is 33.4 Å². The van der Waals surface area contributed by atoms with Crippen LogP contribution in [-0.2, 0) is 19.7 Å². The molecule has 0 atom stereocenters. The van der Waals surface area contributed by atoms with Gasteiger partial charge in [0, 0.05) is 18.1 Å². The molecule has 0 amide bonds. The van der Waals surface area contributed by atoms with Crippen LogP contribution in [0.5, 0.6) is 17.2 Å². The minimum atomic E-state index is 0. The molecule has 0 bridgehead atoms. The minimum absolute atomic E-state index is 0. The average molecular weight is 513 g/mol. The molecule has 7 heteroatoms. The van der Waals surface area contributed by atoms with Crippen molar-refractivity contribution in [3.05, 3.63) is 86.8 Å². The molecule has 0 aromatic heterocycles. The first-order chi connectivity index (χ1) is 14.1. The molecule has 0 spiro atoms. The van der Waals surface area contributed by atoms with Crippen LogP contribution in [0.3, 0.4) is 0 Å². The maximum absolute atomic E-state index is 5.99. The lowest BCUT2D eigenvalue weighted by Gasteiger charge is -2.15. The fourth-order valence-electron chi connectivity index (χ4n) is 2.85. The molecule has 0 aliphatic carbocycles. The third-order valence-corrected chi connectivity index (χ3v) is 5.24. The highest BCUT2D eigenvalue weighted by Crippen LogP contribution is 2.37. The molecule has 0 aliphatic heterocycles. The van der Waals surface area contributed by atoms with Crippen LogP contribution in [0, 0.1) is 0 Å². The summed E-state index contributed by atoms with van der Waals surface area (Å²) >= 11 is 9.54. The van der Waals surface area contributed by atoms with Crippen molar-refractivity contribution in [2.24, 2.45) is 0 Å². The van der Waals surface area contributed by atoms with Crippen molar-refractivity contribution >= 4 is 39.9 Å². The zero-order chi connectivity index (χ0) is 20.6. The molecule has 0 aliphatic rings. The SMILES string of the molecule is COc1ccc(CNCc2cc(Br)c(OCc3ccc(Cl)cc3)c(OC)c2)cc1.Cl. The summed E-state index contributed by atoms with van der Waals surface area (Å²) in [6, 6.07) is 19.7. The third kappa shape index (κ3) is 6.81. The van der Waals surface area contributed by atoms with Gasteiger partial charge >= 0.3 is 0 Å². The molecule has 0 saturated carbocycles. The smallest absolute Gasteiger partial charge is 0.175 e. The highest BCUT2D eigenvalue weighted by atomic mass is 79.9. The number of hydrogen-bond acceptors (Lipinski definition) is 4. The quantitative estimate of drug-likeness (QED) is 0.359. The summed E-state index contributed by atoms with van der Waals surface area (Å²) in [5, 5.41) is 4.15. The summed E-state index contributed by atoms with van der Waals surface area (Å²) in [5.41, 5.74) is 3.33. The Bertz CT molecular complexity index is 934. The van der Waals surface area contributed by atoms with E-state index in [0.29, 0.717) is 29.7 Å². The van der Waals surface area contributed by atoms with E-state index in [4.69, 9.17) is 25.8 Å². The monoisotopic (exact) mass is 511 g/mol. The minimum Gasteiger partial charge on any atom is -0.497 e. The Balaban J connectivity index is 0.00000320. The predicted octanol–water partition coefficient (Wildman–Crippen LogP) is 6.41. The van der Waals surface area contributed by atoms with E-state index in [1.54, 1.807) is 14.2 Å². The second-order valence-electron chi connectivity index (χ2n) is 6.48. The van der Waals surface area contributed by atoms with Crippen LogP contribution in [-0.4, -0.2) is 14.2 Å². The normalized spacial score (nSPS) is 10.3. The molecule has 3 aromatic carbocycles. The number of methoxy groups -OCH3 is 2. The lowest BCUT2D eigenvalue weighted by atomic mass is 10.1. The lowest BCUT2D eigenvalue weighted by Crippen LogP contribution is -2.13. The molecule has 1 N–H and O–H groups in total. The lowest BCUT2D eigenvalue weighted by molar-refractivity contribution is 0.282. The summed E-state index contributed by atoms with van der Waals surface area (Å²) in [7, 11) is 3.31. The van der Waals surface area contributed by atoms with Gasteiger partial charge in [-0.2, -0.15) is 0 Å². The van der Waals surface area contributed by atoms with Crippen LogP contribution in [0.4, 0.5) is 0 Å². The summed E-state index contributed by atoms with van der Waals surface area (Å²) in [4.78, 5) is 0. The van der Waals surface area contributed by atoms with Crippen LogP contribution in [0.2, 0.25) is 5.02 Å². The van der Waals surface area contributed by atoms with Crippen molar-refractivity contribution < 1.29 is 14.2 Å². The van der Waals surface area contributed by atoms with E-state index in [1.165, 1.54) is 5.56 Å². The summed E-state index contributed by atoms with van der Waals surface area (Å²) in [6.45, 7) is 1.90. The van der Waals surface area contributed by atoms with Gasteiger partial charge in [-0.05, 0) is 69.0 Å². The van der Waals surface area contributed by atoms with Gasteiger partial charge in [-0.3, -0.25) is 0 Å². The zero-order valence-corrected chi connectivity index (χ0v) is 19.9. The molecule has 30 heavy (non-hydrogen) atoms. The van der Waals surface area contributed by atoms with Crippen molar-refractivity contribution in [3.8, 4) is 17.2 Å². The molecule has 0 saturated heterocycles. The molecule has 0 unspecified atom stereocenters. The molecular formula is C23H24BrCl2NO3. The van der Waals surface area contributed by atoms with Gasteiger partial charge in [0.25, 0.3) is 0 Å². The molecule has 3 aromatic rings. The van der Waals surface area contributed by atoms with Crippen LogP contribution < -0.4 is 19.5 Å². The largest absolute Gasteiger partial charge is 0.497 e. The summed E-state index contributed by atoms with van der Waals surface area (Å²) in [5.74, 6) is 2.23. The van der Waals surface area contributed by atoms with Gasteiger partial charge in [0.15, 0.2) is 11.5 Å². The van der Waals surface area contributed by atoms with Crippen LogP contribution in [0.15, 0.2) is 65.1 Å². The van der Waals surface area contributed by atoms with E-state index in [0.717, 1.165) is 27.9 Å². The van der Waals surface area contributed by atoms with Crippen molar-refractivity contribution in [2.45, 2.75) is 19.7 Å². The van der Waals surface area contributed by atoms with Crippen LogP contribution in [0.1, 0.15) is 16.7 Å². The van der Waals surface area contributed by atoms with Crippen LogP contribution >= 0.6 is 39.9 Å². The summed E-state index contributed by atoms with van der Waals surface area (Å²) < 4.78 is 17.6. The second-order valence-corrected chi connectivity index (χ2v) is 7.77. The topological polar surface area (TPSA) is 39.7 Å². The highest BCUT2D eigenvalue weighted by molar-refractivity contribution is 9.10. The Labute approximate surface area is 197 Å². The Morgan fingerprint density at radius 3 is 2.10 bits per heavy atom. The molecule has 4 nitrogen and oxygen atoms in total. The number of halogens is 3. The number of benzene rings is 3. The molecule has 160 valence electrons. The first kappa shape index (κ1) is 24.4. The molecule has 0 radical (unpaired) electrons. The maximum atomic E-state index is 5.99. The molecule has 0 heterocycles. The van der Waals surface area contributed by atoms with Crippen molar-refractivity contribution in [3.63, 3.8) is 0 Å². The summed E-state index contributed by atoms with van der Waals surface area (Å²) in [6.07, 6.45) is 0. The van der Waals surface area contributed by atoms with Crippen molar-refractivity contribution in [1.29, 1.82) is 0 Å². The Morgan fingerprint density at radius 2 is 1.47 bits per heavy atom. The Morgan fingerprint density at radius 1 is 0.833 bits per heavy atom. The number of ether oxygens (including phenoxy) is 3. The van der Waals surface area contributed by atoms with Gasteiger partial charge in [0.1, 0.15) is 12.4 Å². The molecule has 3 rings (SSSR count). The highest BCUT2D eigenvalue weighted by Gasteiger charge is 2.12. The van der Waals surface area contributed by atoms with E-state index >= 15 is 0 Å². The van der Waals surface area contributed by atoms with Gasteiger partial charge in [-0.1, -0.05) is 35.9 Å². The van der Waals surface area contributed by atoms with E-state index in [9.17, 15) is 0 Å². The maximum Gasteiger partial charge on any atom is 0.175 e. The number of hydrogen-bond donors (Lipinski definition) is 1. The van der Waals surface area contributed by atoms with Gasteiger partial charge < -0.3 is 19.5 Å². The van der Waals surface area contributed by atoms with Crippen molar-refractivity contribution in [1.82, 2.24) is 5.32 Å². The zero-order valence-electron chi connectivity index (χ0n) is 16.8. The number of rotatable bonds is 9. The second kappa shape index (κ2) is 12.1. The van der Waals surface area contributed by atoms with Crippen molar-refractivity contribution in [2.75, 3.05) is 14.2 Å². The van der Waals surface area contributed by atoms with E-state index in [1.807, 2.05) is 48.5 Å².